The van der Waals surface area contributed by atoms with Gasteiger partial charge in [0.15, 0.2) is 0 Å². The number of nitrogens with one attached hydrogen (secondary N) is 1. The molecule has 1 unspecified atom stereocenters. The van der Waals surface area contributed by atoms with Gasteiger partial charge in [0.1, 0.15) is 9.92 Å². The third-order valence-electron chi connectivity index (χ3n) is 3.15. The fourth-order valence-corrected chi connectivity index (χ4v) is 4.12. The van der Waals surface area contributed by atoms with Crippen molar-refractivity contribution in [2.45, 2.75) is 24.5 Å². The summed E-state index contributed by atoms with van der Waals surface area (Å²) in [7, 11) is -2.55. The maximum absolute atomic E-state index is 12.3. The average molecular weight is 222 g/mol. The summed E-state index contributed by atoms with van der Waals surface area (Å²) in [6.45, 7) is 0.748. The molecule has 1 aliphatic heterocycles. The maximum Gasteiger partial charge on any atom is 0.132 e. The van der Waals surface area contributed by atoms with E-state index in [0.29, 0.717) is 0 Å². The number of benzene rings is 1. The van der Waals surface area contributed by atoms with E-state index in [-0.39, 0.29) is 5.25 Å². The van der Waals surface area contributed by atoms with Crippen LogP contribution in [0.2, 0.25) is 0 Å². The molecule has 1 fully saturated rings. The number of hydrogen-bond donors (Lipinski definition) is 1. The van der Waals surface area contributed by atoms with Crippen LogP contribution in [0.25, 0.3) is 0 Å². The van der Waals surface area contributed by atoms with Gasteiger partial charge < -0.3 is 0 Å². The molecule has 15 heavy (non-hydrogen) atoms. The molecule has 2 aliphatic rings. The smallest absolute Gasteiger partial charge is 0.132 e. The summed E-state index contributed by atoms with van der Waals surface area (Å²) in [5.41, 5.74) is 2.25. The molecule has 3 nitrogen and oxygen atoms in total. The number of nitrogens with zero attached hydrogens (tertiary/aromatic N) is 1. The first-order chi connectivity index (χ1) is 7.19. The Hall–Kier alpha value is -1.03. The van der Waals surface area contributed by atoms with E-state index in [2.05, 4.69) is 6.07 Å². The van der Waals surface area contributed by atoms with Crippen molar-refractivity contribution in [1.82, 2.24) is 0 Å². The van der Waals surface area contributed by atoms with Crippen LogP contribution >= 0.6 is 0 Å². The van der Waals surface area contributed by atoms with Gasteiger partial charge >= 0.3 is 0 Å². The lowest BCUT2D eigenvalue weighted by molar-refractivity contribution is 0.670. The lowest BCUT2D eigenvalue weighted by Crippen LogP contribution is -2.30. The second kappa shape index (κ2) is 2.98. The zero-order valence-corrected chi connectivity index (χ0v) is 9.30. The topological polar surface area (TPSA) is 44.2 Å². The number of anilines is 1. The molecule has 1 atom stereocenters. The molecule has 4 heteroatoms. The summed E-state index contributed by atoms with van der Waals surface area (Å²) < 4.78 is 22.2. The fourth-order valence-electron chi connectivity index (χ4n) is 2.16. The van der Waals surface area contributed by atoms with Gasteiger partial charge in [0, 0.05) is 6.54 Å². The Kier molecular flexibility index (Phi) is 1.83. The molecule has 1 aliphatic carbocycles. The molecule has 0 spiro atoms. The molecule has 1 aromatic carbocycles. The summed E-state index contributed by atoms with van der Waals surface area (Å²) in [5, 5.41) is 0.114. The largest absolute Gasteiger partial charge is 0.285 e. The van der Waals surface area contributed by atoms with Crippen molar-refractivity contribution in [3.63, 3.8) is 0 Å². The van der Waals surface area contributed by atoms with Crippen molar-refractivity contribution in [3.05, 3.63) is 29.8 Å². The molecule has 1 saturated carbocycles. The van der Waals surface area contributed by atoms with Crippen LogP contribution in [0.3, 0.4) is 0 Å². The predicted molar refractivity (Wildman–Crippen MR) is 61.4 cm³/mol. The lowest BCUT2D eigenvalue weighted by atomic mass is 10.2. The molecular formula is C11H14N2OS. The van der Waals surface area contributed by atoms with Crippen molar-refractivity contribution in [1.29, 1.82) is 4.78 Å². The van der Waals surface area contributed by atoms with Crippen LogP contribution in [0.4, 0.5) is 5.69 Å². The second-order valence-electron chi connectivity index (χ2n) is 4.25. The predicted octanol–water partition coefficient (Wildman–Crippen LogP) is 2.17. The molecule has 1 aromatic rings. The minimum Gasteiger partial charge on any atom is -0.285 e. The number of hydrogen-bond acceptors (Lipinski definition) is 2. The van der Waals surface area contributed by atoms with Crippen LogP contribution in [-0.4, -0.2) is 16.0 Å². The van der Waals surface area contributed by atoms with Crippen molar-refractivity contribution in [2.75, 3.05) is 10.8 Å². The first kappa shape index (κ1) is 9.21. The van der Waals surface area contributed by atoms with Gasteiger partial charge in [0.2, 0.25) is 0 Å². The van der Waals surface area contributed by atoms with E-state index in [0.717, 1.165) is 31.5 Å². The summed E-state index contributed by atoms with van der Waals surface area (Å²) >= 11 is 0. The van der Waals surface area contributed by atoms with Crippen molar-refractivity contribution in [2.24, 2.45) is 0 Å². The Morgan fingerprint density at radius 3 is 2.80 bits per heavy atom. The zero-order valence-electron chi connectivity index (χ0n) is 8.48. The van der Waals surface area contributed by atoms with Crippen LogP contribution < -0.4 is 4.31 Å². The van der Waals surface area contributed by atoms with Crippen LogP contribution in [0.1, 0.15) is 18.4 Å². The maximum atomic E-state index is 12.3. The molecular weight excluding hydrogens is 208 g/mol. The van der Waals surface area contributed by atoms with E-state index in [1.54, 1.807) is 0 Å². The van der Waals surface area contributed by atoms with E-state index < -0.39 is 9.92 Å². The number of para-hydroxylation sites is 1. The normalized spacial score (nSPS) is 23.6. The summed E-state index contributed by atoms with van der Waals surface area (Å²) in [6.07, 6.45) is 2.85. The molecule has 3 rings (SSSR count). The van der Waals surface area contributed by atoms with Crippen molar-refractivity contribution >= 4 is 15.6 Å². The number of rotatable bonds is 2. The van der Waals surface area contributed by atoms with Gasteiger partial charge in [0.05, 0.1) is 10.9 Å². The van der Waals surface area contributed by atoms with Gasteiger partial charge in [-0.05, 0) is 30.9 Å². The van der Waals surface area contributed by atoms with E-state index >= 15 is 0 Å². The number of fused-ring (bicyclic) bond motifs is 1. The Balaban J connectivity index is 2.03. The Labute approximate surface area is 90.2 Å². The lowest BCUT2D eigenvalue weighted by Gasteiger charge is -2.22. The molecule has 0 bridgehead atoms. The Bertz CT molecular complexity index is 491. The Morgan fingerprint density at radius 1 is 1.33 bits per heavy atom. The third kappa shape index (κ3) is 1.35. The molecule has 1 heterocycles. The zero-order chi connectivity index (χ0) is 10.5. The summed E-state index contributed by atoms with van der Waals surface area (Å²) in [4.78, 5) is 0. The first-order valence-corrected chi connectivity index (χ1v) is 6.90. The van der Waals surface area contributed by atoms with Crippen molar-refractivity contribution < 1.29 is 4.21 Å². The average Bonchev–Trinajstić information content (AvgIpc) is 2.98. The van der Waals surface area contributed by atoms with Gasteiger partial charge in [-0.15, -0.1) is 0 Å². The quantitative estimate of drug-likeness (QED) is 0.819. The van der Waals surface area contributed by atoms with Crippen LogP contribution in [0.15, 0.2) is 24.3 Å². The highest BCUT2D eigenvalue weighted by molar-refractivity contribution is 7.94. The molecule has 0 saturated heterocycles. The Morgan fingerprint density at radius 2 is 2.07 bits per heavy atom. The van der Waals surface area contributed by atoms with Crippen LogP contribution in [0, 0.1) is 4.78 Å². The minimum absolute atomic E-state index is 0.114. The fraction of sp³-hybridized carbons (Fsp3) is 0.455. The highest BCUT2D eigenvalue weighted by Gasteiger charge is 2.39. The van der Waals surface area contributed by atoms with E-state index in [9.17, 15) is 4.21 Å². The third-order valence-corrected chi connectivity index (χ3v) is 5.56. The molecule has 80 valence electrons. The highest BCUT2D eigenvalue weighted by atomic mass is 32.2. The SMILES string of the molecule is N=S(=O)(C1CC1)N1CCc2ccccc21. The van der Waals surface area contributed by atoms with Crippen LogP contribution in [0.5, 0.6) is 0 Å². The highest BCUT2D eigenvalue weighted by Crippen LogP contribution is 2.38. The van der Waals surface area contributed by atoms with Gasteiger partial charge in [-0.25, -0.2) is 8.99 Å². The molecule has 1 N–H and O–H groups in total. The first-order valence-electron chi connectivity index (χ1n) is 5.33. The van der Waals surface area contributed by atoms with Crippen molar-refractivity contribution in [3.8, 4) is 0 Å². The summed E-state index contributed by atoms with van der Waals surface area (Å²) in [5.74, 6) is 0. The molecule has 0 radical (unpaired) electrons. The standard InChI is InChI=1S/C11H14N2OS/c12-15(14,10-5-6-10)13-8-7-9-3-1-2-4-11(9)13/h1-4,10,12H,5-8H2. The molecule has 0 amide bonds. The molecule has 0 aromatic heterocycles. The van der Waals surface area contributed by atoms with Gasteiger partial charge in [-0.1, -0.05) is 18.2 Å². The van der Waals surface area contributed by atoms with E-state index in [1.807, 2.05) is 22.5 Å². The monoisotopic (exact) mass is 222 g/mol. The van der Waals surface area contributed by atoms with Gasteiger partial charge in [-0.2, -0.15) is 0 Å². The van der Waals surface area contributed by atoms with E-state index in [4.69, 9.17) is 4.78 Å². The summed E-state index contributed by atoms with van der Waals surface area (Å²) in [6, 6.07) is 8.02. The second-order valence-corrected chi connectivity index (χ2v) is 6.49. The van der Waals surface area contributed by atoms with Crippen LogP contribution in [-0.2, 0) is 16.3 Å². The van der Waals surface area contributed by atoms with E-state index in [1.165, 1.54) is 5.56 Å². The van der Waals surface area contributed by atoms with Gasteiger partial charge in [-0.3, -0.25) is 4.31 Å². The minimum atomic E-state index is -2.55. The van der Waals surface area contributed by atoms with Gasteiger partial charge in [0.25, 0.3) is 0 Å².